The monoisotopic (exact) mass is 163 g/mol. The number of aromatic nitrogens is 1. The van der Waals surface area contributed by atoms with Gasteiger partial charge in [-0.2, -0.15) is 0 Å². The molecule has 1 nitrogen and oxygen atoms in total. The number of pyridine rings is 1. The highest BCUT2D eigenvalue weighted by atomic mass is 14.7. The first kappa shape index (κ1) is 9.24. The number of nitrogens with zero attached hydrogens (tertiary/aromatic N) is 1. The van der Waals surface area contributed by atoms with Gasteiger partial charge in [0, 0.05) is 11.9 Å². The van der Waals surface area contributed by atoms with E-state index in [-0.39, 0.29) is 0 Å². The summed E-state index contributed by atoms with van der Waals surface area (Å²) in [6.07, 6.45) is 4.15. The normalized spacial score (nSPS) is 12.9. The average molecular weight is 163 g/mol. The summed E-state index contributed by atoms with van der Waals surface area (Å²) in [7, 11) is 0. The maximum atomic E-state index is 4.27. The minimum absolute atomic E-state index is 0.665. The van der Waals surface area contributed by atoms with Crippen LogP contribution in [0.15, 0.2) is 18.3 Å². The van der Waals surface area contributed by atoms with Crippen molar-refractivity contribution in [3.05, 3.63) is 29.6 Å². The molecule has 0 aliphatic carbocycles. The van der Waals surface area contributed by atoms with Gasteiger partial charge in [0.25, 0.3) is 0 Å². The quantitative estimate of drug-likeness (QED) is 0.667. The van der Waals surface area contributed by atoms with E-state index in [1.807, 2.05) is 6.20 Å². The first-order valence-corrected chi connectivity index (χ1v) is 4.72. The van der Waals surface area contributed by atoms with Crippen LogP contribution in [0, 0.1) is 0 Å². The van der Waals surface area contributed by atoms with Crippen LogP contribution in [0.4, 0.5) is 0 Å². The lowest BCUT2D eigenvalue weighted by molar-refractivity contribution is 0.729. The highest BCUT2D eigenvalue weighted by Gasteiger charge is 2.02. The molecule has 66 valence electrons. The van der Waals surface area contributed by atoms with Crippen LogP contribution in [-0.2, 0) is 6.42 Å². The van der Waals surface area contributed by atoms with Crippen LogP contribution in [0.1, 0.15) is 44.4 Å². The van der Waals surface area contributed by atoms with Gasteiger partial charge in [-0.15, -0.1) is 0 Å². The fourth-order valence-corrected chi connectivity index (χ4v) is 1.23. The average Bonchev–Trinajstić information content (AvgIpc) is 2.17. The van der Waals surface area contributed by atoms with Crippen molar-refractivity contribution >= 4 is 0 Å². The molecule has 1 heterocycles. The lowest BCUT2D eigenvalue weighted by atomic mass is 9.99. The molecule has 12 heavy (non-hydrogen) atoms. The molecule has 1 aromatic heterocycles. The second-order valence-electron chi connectivity index (χ2n) is 3.24. The van der Waals surface area contributed by atoms with Crippen molar-refractivity contribution in [3.63, 3.8) is 0 Å². The molecule has 0 saturated carbocycles. The minimum atomic E-state index is 0.665. The van der Waals surface area contributed by atoms with Crippen molar-refractivity contribution in [2.45, 2.75) is 39.5 Å². The molecule has 1 unspecified atom stereocenters. The topological polar surface area (TPSA) is 12.9 Å². The summed E-state index contributed by atoms with van der Waals surface area (Å²) in [5.41, 5.74) is 2.62. The van der Waals surface area contributed by atoms with Crippen molar-refractivity contribution in [3.8, 4) is 0 Å². The van der Waals surface area contributed by atoms with Gasteiger partial charge < -0.3 is 0 Å². The highest BCUT2D eigenvalue weighted by Crippen LogP contribution is 2.18. The Morgan fingerprint density at radius 2 is 2.17 bits per heavy atom. The molecule has 0 saturated heterocycles. The van der Waals surface area contributed by atoms with Crippen LogP contribution in [0.3, 0.4) is 0 Å². The van der Waals surface area contributed by atoms with E-state index >= 15 is 0 Å². The van der Waals surface area contributed by atoms with Gasteiger partial charge in [0.15, 0.2) is 0 Å². The summed E-state index contributed by atoms with van der Waals surface area (Å²) in [6.45, 7) is 6.62. The van der Waals surface area contributed by atoms with Crippen molar-refractivity contribution in [1.29, 1.82) is 0 Å². The largest absolute Gasteiger partial charge is 0.261 e. The lowest BCUT2D eigenvalue weighted by Gasteiger charge is -2.08. The molecule has 1 rings (SSSR count). The SMILES string of the molecule is CCc1cc(C(C)CC)ccn1. The number of rotatable bonds is 3. The van der Waals surface area contributed by atoms with Crippen molar-refractivity contribution in [1.82, 2.24) is 4.98 Å². The number of aryl methyl sites for hydroxylation is 1. The van der Waals surface area contributed by atoms with E-state index in [1.54, 1.807) is 0 Å². The Bertz CT molecular complexity index is 243. The Morgan fingerprint density at radius 3 is 2.75 bits per heavy atom. The van der Waals surface area contributed by atoms with E-state index in [1.165, 1.54) is 17.7 Å². The number of hydrogen-bond donors (Lipinski definition) is 0. The fourth-order valence-electron chi connectivity index (χ4n) is 1.23. The standard InChI is InChI=1S/C11H17N/c1-4-9(3)10-6-7-12-11(5-2)8-10/h6-9H,4-5H2,1-3H3. The molecule has 1 heteroatoms. The first-order valence-electron chi connectivity index (χ1n) is 4.72. The van der Waals surface area contributed by atoms with E-state index in [0.717, 1.165) is 6.42 Å². The Balaban J connectivity index is 2.86. The zero-order valence-corrected chi connectivity index (χ0v) is 8.17. The summed E-state index contributed by atoms with van der Waals surface area (Å²) in [5, 5.41) is 0. The zero-order chi connectivity index (χ0) is 8.97. The van der Waals surface area contributed by atoms with Gasteiger partial charge in [0.2, 0.25) is 0 Å². The summed E-state index contributed by atoms with van der Waals surface area (Å²) in [6, 6.07) is 4.33. The van der Waals surface area contributed by atoms with Crippen LogP contribution in [-0.4, -0.2) is 4.98 Å². The van der Waals surface area contributed by atoms with Crippen LogP contribution in [0.25, 0.3) is 0 Å². The Morgan fingerprint density at radius 1 is 1.42 bits per heavy atom. The fraction of sp³-hybridized carbons (Fsp3) is 0.545. The third-order valence-corrected chi connectivity index (χ3v) is 2.38. The summed E-state index contributed by atoms with van der Waals surface area (Å²) in [5.74, 6) is 0.665. The van der Waals surface area contributed by atoms with Gasteiger partial charge in [-0.25, -0.2) is 0 Å². The zero-order valence-electron chi connectivity index (χ0n) is 8.17. The molecule has 0 aliphatic heterocycles. The van der Waals surface area contributed by atoms with Gasteiger partial charge in [-0.1, -0.05) is 20.8 Å². The summed E-state index contributed by atoms with van der Waals surface area (Å²) in [4.78, 5) is 4.27. The van der Waals surface area contributed by atoms with E-state index in [9.17, 15) is 0 Å². The third-order valence-electron chi connectivity index (χ3n) is 2.38. The van der Waals surface area contributed by atoms with Gasteiger partial charge in [-0.3, -0.25) is 4.98 Å². The Labute approximate surface area is 74.8 Å². The molecule has 0 aliphatic rings. The van der Waals surface area contributed by atoms with E-state index in [0.29, 0.717) is 5.92 Å². The van der Waals surface area contributed by atoms with E-state index in [2.05, 4.69) is 37.9 Å². The van der Waals surface area contributed by atoms with Gasteiger partial charge in [0.05, 0.1) is 0 Å². The van der Waals surface area contributed by atoms with Gasteiger partial charge >= 0.3 is 0 Å². The van der Waals surface area contributed by atoms with E-state index in [4.69, 9.17) is 0 Å². The molecule has 0 radical (unpaired) electrons. The van der Waals surface area contributed by atoms with Gasteiger partial charge in [0.1, 0.15) is 0 Å². The van der Waals surface area contributed by atoms with Crippen LogP contribution < -0.4 is 0 Å². The smallest absolute Gasteiger partial charge is 0.0403 e. The van der Waals surface area contributed by atoms with Crippen LogP contribution >= 0.6 is 0 Å². The molecular formula is C11H17N. The lowest BCUT2D eigenvalue weighted by Crippen LogP contribution is -1.94. The van der Waals surface area contributed by atoms with E-state index < -0.39 is 0 Å². The third kappa shape index (κ3) is 2.07. The second kappa shape index (κ2) is 4.24. The first-order chi connectivity index (χ1) is 5.77. The predicted octanol–water partition coefficient (Wildman–Crippen LogP) is 3.16. The molecule has 0 aromatic carbocycles. The maximum Gasteiger partial charge on any atom is 0.0403 e. The minimum Gasteiger partial charge on any atom is -0.261 e. The van der Waals surface area contributed by atoms with Crippen molar-refractivity contribution in [2.75, 3.05) is 0 Å². The highest BCUT2D eigenvalue weighted by molar-refractivity contribution is 5.19. The molecule has 1 aromatic rings. The van der Waals surface area contributed by atoms with Crippen molar-refractivity contribution < 1.29 is 0 Å². The molecule has 0 amide bonds. The summed E-state index contributed by atoms with van der Waals surface area (Å²) >= 11 is 0. The molecule has 0 fully saturated rings. The summed E-state index contributed by atoms with van der Waals surface area (Å²) < 4.78 is 0. The van der Waals surface area contributed by atoms with Crippen LogP contribution in [0.2, 0.25) is 0 Å². The van der Waals surface area contributed by atoms with Gasteiger partial charge in [-0.05, 0) is 36.5 Å². The number of hydrogen-bond acceptors (Lipinski definition) is 1. The molecule has 0 bridgehead atoms. The molecule has 0 N–H and O–H groups in total. The van der Waals surface area contributed by atoms with Crippen molar-refractivity contribution in [2.24, 2.45) is 0 Å². The maximum absolute atomic E-state index is 4.27. The molecule has 1 atom stereocenters. The van der Waals surface area contributed by atoms with Crippen LogP contribution in [0.5, 0.6) is 0 Å². The molecular weight excluding hydrogens is 146 g/mol. The molecule has 0 spiro atoms. The predicted molar refractivity (Wildman–Crippen MR) is 52.3 cm³/mol. The Hall–Kier alpha value is -0.850. The Kier molecular flexibility index (Phi) is 3.27. The second-order valence-corrected chi connectivity index (χ2v) is 3.24.